The summed E-state index contributed by atoms with van der Waals surface area (Å²) in [6, 6.07) is 11.0. The molecule has 29 heavy (non-hydrogen) atoms. The highest BCUT2D eigenvalue weighted by molar-refractivity contribution is 7.98. The number of hydrogen-bond donors (Lipinski definition) is 1. The maximum Gasteiger partial charge on any atom is 0.246 e. The second kappa shape index (κ2) is 9.15. The molecule has 0 spiro atoms. The Hall–Kier alpha value is -2.10. The third kappa shape index (κ3) is 4.91. The minimum Gasteiger partial charge on any atom is -0.495 e. The van der Waals surface area contributed by atoms with E-state index in [0.717, 1.165) is 22.7 Å². The number of piperidine rings is 1. The summed E-state index contributed by atoms with van der Waals surface area (Å²) < 4.78 is 45.8. The smallest absolute Gasteiger partial charge is 0.246 e. The van der Waals surface area contributed by atoms with Gasteiger partial charge in [-0.25, -0.2) is 12.8 Å². The van der Waals surface area contributed by atoms with Crippen molar-refractivity contribution in [3.8, 4) is 5.75 Å². The third-order valence-corrected chi connectivity index (χ3v) is 7.55. The number of hydrogen-bond acceptors (Lipinski definition) is 5. The van der Waals surface area contributed by atoms with Crippen LogP contribution >= 0.6 is 11.8 Å². The number of carbonyl (C=O) groups excluding carboxylic acids is 1. The van der Waals surface area contributed by atoms with Crippen molar-refractivity contribution in [1.82, 2.24) is 4.31 Å². The first-order chi connectivity index (χ1) is 13.8. The van der Waals surface area contributed by atoms with Crippen molar-refractivity contribution in [2.24, 2.45) is 5.92 Å². The summed E-state index contributed by atoms with van der Waals surface area (Å²) in [5.41, 5.74) is 0.724. The first-order valence-electron chi connectivity index (χ1n) is 9.13. The molecule has 1 amide bonds. The van der Waals surface area contributed by atoms with Crippen molar-refractivity contribution in [2.45, 2.75) is 22.6 Å². The Balaban J connectivity index is 1.66. The lowest BCUT2D eigenvalue weighted by molar-refractivity contribution is -0.120. The second-order valence-corrected chi connectivity index (χ2v) is 9.48. The molecule has 0 saturated carbocycles. The van der Waals surface area contributed by atoms with Crippen molar-refractivity contribution in [3.63, 3.8) is 0 Å². The number of ether oxygens (including phenoxy) is 1. The van der Waals surface area contributed by atoms with Crippen LogP contribution < -0.4 is 10.1 Å². The Morgan fingerprint density at radius 3 is 2.59 bits per heavy atom. The van der Waals surface area contributed by atoms with E-state index >= 15 is 0 Å². The molecule has 0 unspecified atom stereocenters. The van der Waals surface area contributed by atoms with Crippen LogP contribution in [0.2, 0.25) is 0 Å². The van der Waals surface area contributed by atoms with Gasteiger partial charge in [-0.3, -0.25) is 4.79 Å². The summed E-state index contributed by atoms with van der Waals surface area (Å²) in [6.45, 7) is 0.371. The minimum absolute atomic E-state index is 0.0972. The van der Waals surface area contributed by atoms with Gasteiger partial charge in [0.25, 0.3) is 0 Å². The molecule has 0 aromatic heterocycles. The van der Waals surface area contributed by atoms with Gasteiger partial charge in [-0.15, -0.1) is 11.8 Å². The molecule has 0 bridgehead atoms. The number of amides is 1. The lowest BCUT2D eigenvalue weighted by Gasteiger charge is -2.30. The van der Waals surface area contributed by atoms with Gasteiger partial charge in [-0.05, 0) is 55.5 Å². The predicted octanol–water partition coefficient (Wildman–Crippen LogP) is 3.60. The molecule has 0 aliphatic carbocycles. The van der Waals surface area contributed by atoms with E-state index in [1.807, 2.05) is 30.5 Å². The first kappa shape index (κ1) is 21.6. The molecule has 1 aliphatic rings. The molecular weight excluding hydrogens is 415 g/mol. The van der Waals surface area contributed by atoms with E-state index in [-0.39, 0.29) is 35.6 Å². The van der Waals surface area contributed by atoms with Crippen LogP contribution in [0.4, 0.5) is 10.1 Å². The normalized spacial score (nSPS) is 15.8. The van der Waals surface area contributed by atoms with Gasteiger partial charge in [-0.2, -0.15) is 4.31 Å². The summed E-state index contributed by atoms with van der Waals surface area (Å²) in [5.74, 6) is -0.955. The third-order valence-electron chi connectivity index (χ3n) is 4.91. The summed E-state index contributed by atoms with van der Waals surface area (Å²) in [4.78, 5) is 13.4. The number of methoxy groups -OCH3 is 1. The Morgan fingerprint density at radius 1 is 1.21 bits per heavy atom. The summed E-state index contributed by atoms with van der Waals surface area (Å²) in [7, 11) is -2.57. The van der Waals surface area contributed by atoms with E-state index in [9.17, 15) is 17.6 Å². The summed E-state index contributed by atoms with van der Waals surface area (Å²) in [6.07, 6.45) is 2.75. The van der Waals surface area contributed by atoms with Crippen molar-refractivity contribution in [2.75, 3.05) is 31.8 Å². The van der Waals surface area contributed by atoms with Crippen molar-refractivity contribution in [3.05, 3.63) is 48.3 Å². The van der Waals surface area contributed by atoms with Gasteiger partial charge in [0, 0.05) is 29.6 Å². The van der Waals surface area contributed by atoms with Gasteiger partial charge in [0.2, 0.25) is 15.9 Å². The number of rotatable bonds is 6. The molecule has 0 atom stereocenters. The Bertz CT molecular complexity index is 990. The molecule has 1 saturated heterocycles. The number of carbonyl (C=O) groups is 1. The van der Waals surface area contributed by atoms with Crippen molar-refractivity contribution < 1.29 is 22.3 Å². The van der Waals surface area contributed by atoms with Crippen LogP contribution in [-0.2, 0) is 14.8 Å². The van der Waals surface area contributed by atoms with E-state index in [1.54, 1.807) is 11.8 Å². The molecule has 1 heterocycles. The van der Waals surface area contributed by atoms with Gasteiger partial charge < -0.3 is 10.1 Å². The fourth-order valence-corrected chi connectivity index (χ4v) is 5.39. The maximum atomic E-state index is 13.6. The van der Waals surface area contributed by atoms with E-state index in [0.29, 0.717) is 12.8 Å². The van der Waals surface area contributed by atoms with E-state index in [4.69, 9.17) is 4.74 Å². The lowest BCUT2D eigenvalue weighted by Crippen LogP contribution is -2.41. The van der Waals surface area contributed by atoms with Crippen LogP contribution in [0.5, 0.6) is 5.75 Å². The zero-order valence-corrected chi connectivity index (χ0v) is 17.9. The van der Waals surface area contributed by atoms with Crippen LogP contribution in [0, 0.1) is 11.7 Å². The average Bonchev–Trinajstić information content (AvgIpc) is 2.74. The molecule has 9 heteroatoms. The SMILES string of the molecule is COc1ccc(F)cc1S(=O)(=O)N1CCC(C(=O)Nc2cccc(SC)c2)CC1. The monoisotopic (exact) mass is 438 g/mol. The highest BCUT2D eigenvalue weighted by Crippen LogP contribution is 2.30. The number of halogens is 1. The molecule has 1 N–H and O–H groups in total. The van der Waals surface area contributed by atoms with Gasteiger partial charge in [0.05, 0.1) is 7.11 Å². The number of nitrogens with one attached hydrogen (secondary N) is 1. The molecule has 0 radical (unpaired) electrons. The largest absolute Gasteiger partial charge is 0.495 e. The lowest BCUT2D eigenvalue weighted by atomic mass is 9.97. The topological polar surface area (TPSA) is 75.7 Å². The van der Waals surface area contributed by atoms with Crippen LogP contribution in [0.1, 0.15) is 12.8 Å². The molecular formula is C20H23FN2O4S2. The van der Waals surface area contributed by atoms with Crippen LogP contribution in [-0.4, -0.2) is 45.1 Å². The molecule has 156 valence electrons. The quantitative estimate of drug-likeness (QED) is 0.698. The summed E-state index contributed by atoms with van der Waals surface area (Å²) >= 11 is 1.59. The Labute approximate surface area is 174 Å². The standard InChI is InChI=1S/C20H23FN2O4S2/c1-27-18-7-6-15(21)12-19(18)29(25,26)23-10-8-14(9-11-23)20(24)22-16-4-3-5-17(13-16)28-2/h3-7,12-14H,8-11H2,1-2H3,(H,22,24). The number of sulfonamides is 1. The fraction of sp³-hybridized carbons (Fsp3) is 0.350. The number of benzene rings is 2. The predicted molar refractivity (Wildman–Crippen MR) is 111 cm³/mol. The van der Waals surface area contributed by atoms with Gasteiger partial charge in [-0.1, -0.05) is 6.07 Å². The second-order valence-electron chi connectivity index (χ2n) is 6.69. The van der Waals surface area contributed by atoms with E-state index in [1.165, 1.54) is 17.5 Å². The van der Waals surface area contributed by atoms with Crippen molar-refractivity contribution >= 4 is 33.4 Å². The number of thioether (sulfide) groups is 1. The van der Waals surface area contributed by atoms with E-state index in [2.05, 4.69) is 5.32 Å². The molecule has 2 aromatic rings. The average molecular weight is 439 g/mol. The minimum atomic E-state index is -3.91. The molecule has 6 nitrogen and oxygen atoms in total. The first-order valence-corrected chi connectivity index (χ1v) is 11.8. The van der Waals surface area contributed by atoms with Crippen LogP contribution in [0.25, 0.3) is 0 Å². The molecule has 3 rings (SSSR count). The van der Waals surface area contributed by atoms with Crippen LogP contribution in [0.3, 0.4) is 0 Å². The zero-order valence-electron chi connectivity index (χ0n) is 16.2. The Kier molecular flexibility index (Phi) is 6.81. The van der Waals surface area contributed by atoms with Gasteiger partial charge in [0.1, 0.15) is 16.5 Å². The van der Waals surface area contributed by atoms with Gasteiger partial charge >= 0.3 is 0 Å². The van der Waals surface area contributed by atoms with Crippen LogP contribution in [0.15, 0.2) is 52.3 Å². The Morgan fingerprint density at radius 2 is 1.93 bits per heavy atom. The molecule has 2 aromatic carbocycles. The summed E-state index contributed by atoms with van der Waals surface area (Å²) in [5, 5.41) is 2.91. The van der Waals surface area contributed by atoms with E-state index < -0.39 is 15.8 Å². The van der Waals surface area contributed by atoms with Gasteiger partial charge in [0.15, 0.2) is 0 Å². The zero-order chi connectivity index (χ0) is 21.0. The van der Waals surface area contributed by atoms with Crippen molar-refractivity contribution in [1.29, 1.82) is 0 Å². The number of nitrogens with zero attached hydrogens (tertiary/aromatic N) is 1. The fourth-order valence-electron chi connectivity index (χ4n) is 3.29. The molecule has 1 aliphatic heterocycles. The highest BCUT2D eigenvalue weighted by Gasteiger charge is 2.34. The molecule has 1 fully saturated rings. The number of anilines is 1. The highest BCUT2D eigenvalue weighted by atomic mass is 32.2. The maximum absolute atomic E-state index is 13.6.